The molecule has 0 N–H and O–H groups in total. The molecule has 3 heteroatoms. The fourth-order valence-corrected chi connectivity index (χ4v) is 3.74. The molecule has 152 valence electrons. The van der Waals surface area contributed by atoms with Crippen LogP contribution in [0.15, 0.2) is 24.3 Å². The van der Waals surface area contributed by atoms with Gasteiger partial charge in [-0.3, -0.25) is 0 Å². The van der Waals surface area contributed by atoms with Crippen LogP contribution >= 0.6 is 11.6 Å². The van der Waals surface area contributed by atoms with Crippen molar-refractivity contribution in [2.24, 2.45) is 0 Å². The molecule has 0 aliphatic carbocycles. The van der Waals surface area contributed by atoms with Crippen LogP contribution < -0.4 is 12.4 Å². The first-order valence-electron chi connectivity index (χ1n) is 10.6. The molecule has 0 unspecified atom stereocenters. The molecule has 0 aliphatic rings. The third kappa shape index (κ3) is 13.0. The molecule has 0 amide bonds. The topological polar surface area (TPSA) is 0 Å². The van der Waals surface area contributed by atoms with Gasteiger partial charge in [0.25, 0.3) is 0 Å². The van der Waals surface area contributed by atoms with Gasteiger partial charge in [-0.2, -0.15) is 0 Å². The van der Waals surface area contributed by atoms with E-state index >= 15 is 0 Å². The SMILES string of the molecule is CCCCCCCCCCCCCC[N+](C)(C)Cc1ccccc1Cl.[Cl-]. The third-order valence-corrected chi connectivity index (χ3v) is 5.54. The van der Waals surface area contributed by atoms with E-state index < -0.39 is 0 Å². The lowest BCUT2D eigenvalue weighted by Crippen LogP contribution is -3.00. The van der Waals surface area contributed by atoms with E-state index in [4.69, 9.17) is 11.6 Å². The molecule has 0 spiro atoms. The third-order valence-electron chi connectivity index (χ3n) is 5.17. The first-order chi connectivity index (χ1) is 12.0. The molecule has 0 heterocycles. The van der Waals surface area contributed by atoms with Crippen molar-refractivity contribution in [1.29, 1.82) is 0 Å². The Morgan fingerprint density at radius 1 is 0.731 bits per heavy atom. The van der Waals surface area contributed by atoms with Crippen molar-refractivity contribution in [2.45, 2.75) is 90.5 Å². The van der Waals surface area contributed by atoms with Crippen LogP contribution in [0.1, 0.15) is 89.5 Å². The molecule has 0 fully saturated rings. The fourth-order valence-electron chi connectivity index (χ4n) is 3.55. The van der Waals surface area contributed by atoms with Gasteiger partial charge in [-0.1, -0.05) is 101 Å². The van der Waals surface area contributed by atoms with Crippen LogP contribution in [-0.4, -0.2) is 25.1 Å². The van der Waals surface area contributed by atoms with Crippen molar-refractivity contribution in [1.82, 2.24) is 0 Å². The van der Waals surface area contributed by atoms with Crippen molar-refractivity contribution in [3.63, 3.8) is 0 Å². The maximum Gasteiger partial charge on any atom is 0.105 e. The Morgan fingerprint density at radius 3 is 1.69 bits per heavy atom. The van der Waals surface area contributed by atoms with E-state index in [1.165, 1.54) is 89.2 Å². The van der Waals surface area contributed by atoms with Crippen LogP contribution in [0.2, 0.25) is 5.02 Å². The van der Waals surface area contributed by atoms with Gasteiger partial charge in [-0.15, -0.1) is 0 Å². The van der Waals surface area contributed by atoms with Gasteiger partial charge in [-0.05, 0) is 18.9 Å². The van der Waals surface area contributed by atoms with E-state index in [0.29, 0.717) is 0 Å². The summed E-state index contributed by atoms with van der Waals surface area (Å²) in [5, 5.41) is 0.906. The van der Waals surface area contributed by atoms with Gasteiger partial charge >= 0.3 is 0 Å². The molecule has 1 aromatic rings. The standard InChI is InChI=1S/C23H41ClN.ClH/c1-4-5-6-7-8-9-10-11-12-13-14-17-20-25(2,3)21-22-18-15-16-19-23(22)24;/h15-16,18-19H,4-14,17,20-21H2,1-3H3;1H/q+1;/p-1. The predicted octanol–water partition coefficient (Wildman–Crippen LogP) is 4.62. The number of rotatable bonds is 15. The highest BCUT2D eigenvalue weighted by molar-refractivity contribution is 6.31. The highest BCUT2D eigenvalue weighted by Gasteiger charge is 2.16. The van der Waals surface area contributed by atoms with Gasteiger partial charge in [0, 0.05) is 10.6 Å². The van der Waals surface area contributed by atoms with Gasteiger partial charge in [0.05, 0.1) is 20.6 Å². The first kappa shape index (κ1) is 25.8. The maximum absolute atomic E-state index is 6.30. The van der Waals surface area contributed by atoms with Crippen LogP contribution in [0.5, 0.6) is 0 Å². The molecule has 1 aromatic carbocycles. The Morgan fingerprint density at radius 2 is 1.19 bits per heavy atom. The van der Waals surface area contributed by atoms with Crippen molar-refractivity contribution >= 4 is 11.6 Å². The van der Waals surface area contributed by atoms with Crippen LogP contribution in [0.3, 0.4) is 0 Å². The Balaban J connectivity index is 0.00000625. The zero-order chi connectivity index (χ0) is 18.4. The Kier molecular flexibility index (Phi) is 15.6. The van der Waals surface area contributed by atoms with E-state index in [0.717, 1.165) is 16.1 Å². The van der Waals surface area contributed by atoms with Crippen LogP contribution in [0.4, 0.5) is 0 Å². The zero-order valence-electron chi connectivity index (χ0n) is 17.4. The number of benzene rings is 1. The second-order valence-corrected chi connectivity index (χ2v) is 8.71. The van der Waals surface area contributed by atoms with Crippen LogP contribution in [0, 0.1) is 0 Å². The van der Waals surface area contributed by atoms with Gasteiger partial charge in [0.1, 0.15) is 6.54 Å². The number of halogens is 2. The summed E-state index contributed by atoms with van der Waals surface area (Å²) in [5.41, 5.74) is 1.27. The van der Waals surface area contributed by atoms with E-state index in [1.807, 2.05) is 12.1 Å². The summed E-state index contributed by atoms with van der Waals surface area (Å²) < 4.78 is 1.03. The molecule has 26 heavy (non-hydrogen) atoms. The largest absolute Gasteiger partial charge is 1.00 e. The van der Waals surface area contributed by atoms with E-state index in [1.54, 1.807) is 0 Å². The minimum atomic E-state index is 0. The number of hydrogen-bond acceptors (Lipinski definition) is 0. The van der Waals surface area contributed by atoms with Crippen molar-refractivity contribution in [2.75, 3.05) is 20.6 Å². The molecule has 0 saturated heterocycles. The average Bonchev–Trinajstić information content (AvgIpc) is 2.58. The highest BCUT2D eigenvalue weighted by atomic mass is 35.5. The molecule has 0 bridgehead atoms. The Hall–Kier alpha value is -0.240. The lowest BCUT2D eigenvalue weighted by atomic mass is 10.1. The predicted molar refractivity (Wildman–Crippen MR) is 113 cm³/mol. The summed E-state index contributed by atoms with van der Waals surface area (Å²) in [4.78, 5) is 0. The Bertz CT molecular complexity index is 446. The first-order valence-corrected chi connectivity index (χ1v) is 11.0. The smallest absolute Gasteiger partial charge is 0.105 e. The van der Waals surface area contributed by atoms with Crippen molar-refractivity contribution < 1.29 is 16.9 Å². The second-order valence-electron chi connectivity index (χ2n) is 8.30. The highest BCUT2D eigenvalue weighted by Crippen LogP contribution is 2.20. The van der Waals surface area contributed by atoms with Gasteiger partial charge in [0.2, 0.25) is 0 Å². The summed E-state index contributed by atoms with van der Waals surface area (Å²) in [6, 6.07) is 8.26. The van der Waals surface area contributed by atoms with Gasteiger partial charge < -0.3 is 16.9 Å². The number of quaternary nitrogens is 1. The minimum Gasteiger partial charge on any atom is -1.00 e. The molecule has 0 aliphatic heterocycles. The molecular weight excluding hydrogens is 361 g/mol. The molecule has 0 aromatic heterocycles. The minimum absolute atomic E-state index is 0. The fraction of sp³-hybridized carbons (Fsp3) is 0.739. The maximum atomic E-state index is 6.30. The van der Waals surface area contributed by atoms with Crippen LogP contribution in [-0.2, 0) is 6.54 Å². The number of nitrogens with zero attached hydrogens (tertiary/aromatic N) is 1. The van der Waals surface area contributed by atoms with Gasteiger partial charge in [0.15, 0.2) is 0 Å². The zero-order valence-corrected chi connectivity index (χ0v) is 18.9. The number of unbranched alkanes of at least 4 members (excludes halogenated alkanes) is 11. The molecule has 0 atom stereocenters. The van der Waals surface area contributed by atoms with Crippen LogP contribution in [0.25, 0.3) is 0 Å². The summed E-state index contributed by atoms with van der Waals surface area (Å²) in [6.45, 7) is 4.55. The molecule has 1 nitrogen and oxygen atoms in total. The normalized spacial score (nSPS) is 11.4. The van der Waals surface area contributed by atoms with E-state index in [9.17, 15) is 0 Å². The second kappa shape index (κ2) is 15.8. The van der Waals surface area contributed by atoms with E-state index in [2.05, 4.69) is 33.2 Å². The van der Waals surface area contributed by atoms with Gasteiger partial charge in [-0.25, -0.2) is 0 Å². The Labute approximate surface area is 174 Å². The summed E-state index contributed by atoms with van der Waals surface area (Å²) in [5.74, 6) is 0. The summed E-state index contributed by atoms with van der Waals surface area (Å²) in [6.07, 6.45) is 17.0. The lowest BCUT2D eigenvalue weighted by molar-refractivity contribution is -0.903. The average molecular weight is 402 g/mol. The van der Waals surface area contributed by atoms with E-state index in [-0.39, 0.29) is 12.4 Å². The molecule has 0 saturated carbocycles. The van der Waals surface area contributed by atoms with Crippen molar-refractivity contribution in [3.05, 3.63) is 34.9 Å². The molecule has 0 radical (unpaired) electrons. The molecule has 1 rings (SSSR count). The van der Waals surface area contributed by atoms with Crippen molar-refractivity contribution in [3.8, 4) is 0 Å². The molecular formula is C23H41Cl2N. The number of hydrogen-bond donors (Lipinski definition) is 0. The summed E-state index contributed by atoms with van der Waals surface area (Å²) in [7, 11) is 4.64. The monoisotopic (exact) mass is 401 g/mol. The summed E-state index contributed by atoms with van der Waals surface area (Å²) >= 11 is 6.30. The lowest BCUT2D eigenvalue weighted by Gasteiger charge is -2.30. The quantitative estimate of drug-likeness (QED) is 0.297.